The Kier molecular flexibility index (Phi) is 8.69. The average molecular weight is 431 g/mol. The number of hydrogen-bond acceptors (Lipinski definition) is 5. The van der Waals surface area contributed by atoms with Crippen molar-refractivity contribution in [3.05, 3.63) is 54.6 Å². The van der Waals surface area contributed by atoms with Gasteiger partial charge in [0.15, 0.2) is 0 Å². The van der Waals surface area contributed by atoms with Gasteiger partial charge in [0.05, 0.1) is 6.61 Å². The summed E-state index contributed by atoms with van der Waals surface area (Å²) in [4.78, 5) is 11.9. The standard InChI is InChI=1S/C23H31FN4O3/c1-16(20-10-9-19(15-21(20)25)31-14-13-30-4)27-17-5-7-18(8-6-17)28-22(29)26-12-11-23(2,3)24/h5-10,15,27H,1,11-14,25H2,2-4H3,(H2,26,28,29). The van der Waals surface area contributed by atoms with Crippen molar-refractivity contribution in [3.63, 3.8) is 0 Å². The van der Waals surface area contributed by atoms with Gasteiger partial charge < -0.3 is 31.2 Å². The van der Waals surface area contributed by atoms with Gasteiger partial charge in [0, 0.05) is 48.0 Å². The number of hydrogen-bond donors (Lipinski definition) is 4. The van der Waals surface area contributed by atoms with Crippen LogP contribution in [0.5, 0.6) is 5.75 Å². The molecule has 2 rings (SSSR count). The van der Waals surface area contributed by atoms with E-state index in [2.05, 4.69) is 22.5 Å². The van der Waals surface area contributed by atoms with Crippen LogP contribution < -0.4 is 26.4 Å². The Hall–Kier alpha value is -3.26. The van der Waals surface area contributed by atoms with Crippen molar-refractivity contribution in [2.75, 3.05) is 43.2 Å². The molecule has 31 heavy (non-hydrogen) atoms. The number of anilines is 3. The summed E-state index contributed by atoms with van der Waals surface area (Å²) in [7, 11) is 1.61. The lowest BCUT2D eigenvalue weighted by Gasteiger charge is -2.15. The van der Waals surface area contributed by atoms with Crippen LogP contribution in [-0.4, -0.2) is 38.6 Å². The molecule has 0 unspecified atom stereocenters. The number of nitrogens with two attached hydrogens (primary N) is 1. The summed E-state index contributed by atoms with van der Waals surface area (Å²) < 4.78 is 24.0. The highest BCUT2D eigenvalue weighted by molar-refractivity contribution is 5.89. The van der Waals surface area contributed by atoms with E-state index in [1.54, 1.807) is 25.3 Å². The quantitative estimate of drug-likeness (QED) is 0.308. The molecule has 0 aliphatic heterocycles. The molecule has 0 aliphatic carbocycles. The summed E-state index contributed by atoms with van der Waals surface area (Å²) in [5, 5.41) is 8.54. The molecule has 0 spiro atoms. The first-order valence-electron chi connectivity index (χ1n) is 9.99. The number of urea groups is 1. The van der Waals surface area contributed by atoms with E-state index in [-0.39, 0.29) is 19.0 Å². The second-order valence-electron chi connectivity index (χ2n) is 7.62. The number of rotatable bonds is 11. The number of amides is 2. The predicted octanol–water partition coefficient (Wildman–Crippen LogP) is 4.64. The molecule has 2 aromatic rings. The molecule has 0 heterocycles. The van der Waals surface area contributed by atoms with E-state index in [1.807, 2.05) is 24.3 Å². The predicted molar refractivity (Wildman–Crippen MR) is 124 cm³/mol. The van der Waals surface area contributed by atoms with Crippen LogP contribution in [-0.2, 0) is 4.74 Å². The van der Waals surface area contributed by atoms with Gasteiger partial charge in [0.1, 0.15) is 18.0 Å². The molecule has 168 valence electrons. The summed E-state index contributed by atoms with van der Waals surface area (Å²) in [6.45, 7) is 8.20. The molecule has 0 fully saturated rings. The number of alkyl halides is 1. The van der Waals surface area contributed by atoms with Crippen LogP contribution in [0.2, 0.25) is 0 Å². The largest absolute Gasteiger partial charge is 0.491 e. The molecule has 2 amide bonds. The number of carbonyl (C=O) groups is 1. The van der Waals surface area contributed by atoms with Crippen LogP contribution in [0.15, 0.2) is 49.0 Å². The van der Waals surface area contributed by atoms with Crippen LogP contribution in [0.25, 0.3) is 5.70 Å². The number of halogens is 1. The molecule has 0 aromatic heterocycles. The average Bonchev–Trinajstić information content (AvgIpc) is 2.68. The maximum atomic E-state index is 13.4. The van der Waals surface area contributed by atoms with Gasteiger partial charge in [-0.05, 0) is 56.7 Å². The molecule has 0 saturated heterocycles. The van der Waals surface area contributed by atoms with E-state index in [0.717, 1.165) is 11.3 Å². The van der Waals surface area contributed by atoms with Gasteiger partial charge in [-0.2, -0.15) is 0 Å². The van der Waals surface area contributed by atoms with Crippen molar-refractivity contribution in [1.29, 1.82) is 0 Å². The summed E-state index contributed by atoms with van der Waals surface area (Å²) >= 11 is 0. The monoisotopic (exact) mass is 430 g/mol. The molecule has 0 radical (unpaired) electrons. The number of methoxy groups -OCH3 is 1. The zero-order valence-electron chi connectivity index (χ0n) is 18.3. The van der Waals surface area contributed by atoms with Gasteiger partial charge >= 0.3 is 6.03 Å². The minimum absolute atomic E-state index is 0.245. The third-order valence-electron chi connectivity index (χ3n) is 4.35. The van der Waals surface area contributed by atoms with E-state index in [9.17, 15) is 9.18 Å². The fourth-order valence-corrected chi connectivity index (χ4v) is 2.68. The highest BCUT2D eigenvalue weighted by Crippen LogP contribution is 2.27. The van der Waals surface area contributed by atoms with Crippen LogP contribution in [0.3, 0.4) is 0 Å². The molecular formula is C23H31FN4O3. The van der Waals surface area contributed by atoms with Gasteiger partial charge in [0.25, 0.3) is 0 Å². The summed E-state index contributed by atoms with van der Waals surface area (Å²) in [6, 6.07) is 12.2. The lowest BCUT2D eigenvalue weighted by Crippen LogP contribution is -2.32. The summed E-state index contributed by atoms with van der Waals surface area (Å²) in [6.07, 6.45) is 0.245. The Bertz CT molecular complexity index is 879. The Morgan fingerprint density at radius 1 is 1.10 bits per heavy atom. The van der Waals surface area contributed by atoms with E-state index >= 15 is 0 Å². The molecular weight excluding hydrogens is 399 g/mol. The lowest BCUT2D eigenvalue weighted by molar-refractivity contribution is 0.146. The molecule has 2 aromatic carbocycles. The van der Waals surface area contributed by atoms with Crippen LogP contribution in [0.4, 0.5) is 26.2 Å². The third-order valence-corrected chi connectivity index (χ3v) is 4.35. The maximum Gasteiger partial charge on any atom is 0.319 e. The number of carbonyl (C=O) groups excluding carboxylic acids is 1. The molecule has 7 nitrogen and oxygen atoms in total. The molecule has 0 aliphatic rings. The number of benzene rings is 2. The molecule has 0 saturated carbocycles. The Morgan fingerprint density at radius 3 is 2.32 bits per heavy atom. The Morgan fingerprint density at radius 2 is 1.74 bits per heavy atom. The van der Waals surface area contributed by atoms with Crippen LogP contribution in [0.1, 0.15) is 25.8 Å². The van der Waals surface area contributed by atoms with E-state index in [0.29, 0.717) is 36.0 Å². The fraction of sp³-hybridized carbons (Fsp3) is 0.348. The molecule has 0 atom stereocenters. The van der Waals surface area contributed by atoms with E-state index < -0.39 is 5.67 Å². The normalized spacial score (nSPS) is 11.0. The summed E-state index contributed by atoms with van der Waals surface area (Å²) in [5.74, 6) is 0.662. The molecule has 0 bridgehead atoms. The minimum Gasteiger partial charge on any atom is -0.491 e. The fourth-order valence-electron chi connectivity index (χ4n) is 2.68. The van der Waals surface area contributed by atoms with Gasteiger partial charge in [-0.25, -0.2) is 9.18 Å². The molecule has 5 N–H and O–H groups in total. The van der Waals surface area contributed by atoms with Crippen molar-refractivity contribution >= 4 is 28.8 Å². The number of nitrogen functional groups attached to an aromatic ring is 1. The van der Waals surface area contributed by atoms with Gasteiger partial charge in [-0.15, -0.1) is 0 Å². The van der Waals surface area contributed by atoms with Crippen molar-refractivity contribution < 1.29 is 18.7 Å². The third kappa shape index (κ3) is 8.55. The summed E-state index contributed by atoms with van der Waals surface area (Å²) in [5.41, 5.74) is 8.16. The maximum absolute atomic E-state index is 13.4. The zero-order valence-corrected chi connectivity index (χ0v) is 18.3. The number of nitrogens with one attached hydrogen (secondary N) is 3. The topological polar surface area (TPSA) is 97.6 Å². The number of ether oxygens (including phenoxy) is 2. The van der Waals surface area contributed by atoms with Crippen molar-refractivity contribution in [2.24, 2.45) is 0 Å². The Balaban J connectivity index is 1.88. The first-order valence-corrected chi connectivity index (χ1v) is 9.99. The van der Waals surface area contributed by atoms with Crippen LogP contribution in [0, 0.1) is 0 Å². The highest BCUT2D eigenvalue weighted by Gasteiger charge is 2.15. The van der Waals surface area contributed by atoms with Crippen LogP contribution >= 0.6 is 0 Å². The van der Waals surface area contributed by atoms with Gasteiger partial charge in [-0.1, -0.05) is 6.58 Å². The van der Waals surface area contributed by atoms with Crippen molar-refractivity contribution in [1.82, 2.24) is 5.32 Å². The van der Waals surface area contributed by atoms with Crippen molar-refractivity contribution in [3.8, 4) is 5.75 Å². The smallest absolute Gasteiger partial charge is 0.319 e. The minimum atomic E-state index is -1.32. The van der Waals surface area contributed by atoms with Gasteiger partial charge in [0.2, 0.25) is 0 Å². The zero-order chi connectivity index (χ0) is 22.9. The van der Waals surface area contributed by atoms with E-state index in [4.69, 9.17) is 15.2 Å². The SMILES string of the molecule is C=C(Nc1ccc(NC(=O)NCCC(C)(C)F)cc1)c1ccc(OCCOC)cc1N. The van der Waals surface area contributed by atoms with Crippen molar-refractivity contribution in [2.45, 2.75) is 25.9 Å². The lowest BCUT2D eigenvalue weighted by atomic mass is 10.1. The van der Waals surface area contributed by atoms with E-state index in [1.165, 1.54) is 13.8 Å². The van der Waals surface area contributed by atoms with Gasteiger partial charge in [-0.3, -0.25) is 0 Å². The second-order valence-corrected chi connectivity index (χ2v) is 7.62. The highest BCUT2D eigenvalue weighted by atomic mass is 19.1. The molecule has 8 heteroatoms. The second kappa shape index (κ2) is 11.2. The Labute approximate surface area is 182 Å². The first kappa shape index (κ1) is 24.0. The first-order chi connectivity index (χ1) is 14.7.